The SMILES string of the molecule is C[C@@H](c1ccc(S(N)(=O)=O)cc1)N(C)CC(=O)N1CCC[C@H]1c1ccc2c(c1)OCCO2. The van der Waals surface area contributed by atoms with Crippen LogP contribution in [0.2, 0.25) is 0 Å². The van der Waals surface area contributed by atoms with E-state index in [4.69, 9.17) is 14.6 Å². The third-order valence-corrected chi connectivity index (χ3v) is 7.19. The lowest BCUT2D eigenvalue weighted by molar-refractivity contribution is -0.133. The summed E-state index contributed by atoms with van der Waals surface area (Å²) >= 11 is 0. The molecule has 2 aliphatic heterocycles. The fraction of sp³-hybridized carbons (Fsp3) is 0.435. The summed E-state index contributed by atoms with van der Waals surface area (Å²) < 4.78 is 34.3. The number of ether oxygens (including phenoxy) is 2. The van der Waals surface area contributed by atoms with E-state index in [9.17, 15) is 13.2 Å². The Morgan fingerprint density at radius 1 is 1.16 bits per heavy atom. The van der Waals surface area contributed by atoms with Crippen LogP contribution in [0.25, 0.3) is 0 Å². The normalized spacial score (nSPS) is 19.2. The minimum Gasteiger partial charge on any atom is -0.486 e. The highest BCUT2D eigenvalue weighted by Crippen LogP contribution is 2.38. The van der Waals surface area contributed by atoms with Crippen LogP contribution in [0.4, 0.5) is 0 Å². The van der Waals surface area contributed by atoms with Crippen molar-refractivity contribution in [2.24, 2.45) is 5.14 Å². The van der Waals surface area contributed by atoms with Gasteiger partial charge in [-0.05, 0) is 62.2 Å². The Morgan fingerprint density at radius 2 is 1.84 bits per heavy atom. The molecule has 9 heteroatoms. The molecule has 2 heterocycles. The number of likely N-dealkylation sites (N-methyl/N-ethyl adjacent to an activating group) is 1. The minimum absolute atomic E-state index is 0.0241. The van der Waals surface area contributed by atoms with Crippen molar-refractivity contribution in [1.29, 1.82) is 0 Å². The quantitative estimate of drug-likeness (QED) is 0.712. The standard InChI is InChI=1S/C23H29N3O5S/c1-16(17-5-8-19(9-6-17)32(24,28)29)25(2)15-23(27)26-11-3-4-20(26)18-7-10-21-22(14-18)31-13-12-30-21/h5-10,14,16,20H,3-4,11-13,15H2,1-2H3,(H2,24,28,29)/t16-,20-/m0/s1. The Bertz CT molecular complexity index is 1090. The van der Waals surface area contributed by atoms with Crippen LogP contribution >= 0.6 is 0 Å². The summed E-state index contributed by atoms with van der Waals surface area (Å²) in [5.74, 6) is 1.55. The van der Waals surface area contributed by atoms with E-state index in [1.165, 1.54) is 12.1 Å². The highest BCUT2D eigenvalue weighted by atomic mass is 32.2. The average molecular weight is 460 g/mol. The zero-order valence-electron chi connectivity index (χ0n) is 18.4. The number of likely N-dealkylation sites (tertiary alicyclic amines) is 1. The number of rotatable bonds is 6. The molecule has 1 amide bonds. The van der Waals surface area contributed by atoms with Gasteiger partial charge in [0, 0.05) is 12.6 Å². The van der Waals surface area contributed by atoms with E-state index in [-0.39, 0.29) is 29.4 Å². The summed E-state index contributed by atoms with van der Waals surface area (Å²) in [6.45, 7) is 4.06. The van der Waals surface area contributed by atoms with Gasteiger partial charge in [0.25, 0.3) is 0 Å². The molecule has 2 N–H and O–H groups in total. The van der Waals surface area contributed by atoms with Crippen molar-refractivity contribution in [2.45, 2.75) is 36.7 Å². The van der Waals surface area contributed by atoms with E-state index in [1.54, 1.807) is 12.1 Å². The van der Waals surface area contributed by atoms with Crippen LogP contribution < -0.4 is 14.6 Å². The van der Waals surface area contributed by atoms with Crippen LogP contribution in [0.1, 0.15) is 43.0 Å². The molecule has 2 aromatic carbocycles. The van der Waals surface area contributed by atoms with Gasteiger partial charge in [0.2, 0.25) is 15.9 Å². The molecule has 0 unspecified atom stereocenters. The van der Waals surface area contributed by atoms with E-state index in [0.717, 1.165) is 42.0 Å². The van der Waals surface area contributed by atoms with Crippen molar-refractivity contribution in [1.82, 2.24) is 9.80 Å². The summed E-state index contributed by atoms with van der Waals surface area (Å²) in [7, 11) is -1.83. The predicted octanol–water partition coefficient (Wildman–Crippen LogP) is 2.46. The Kier molecular flexibility index (Phi) is 6.41. The smallest absolute Gasteiger partial charge is 0.238 e. The molecule has 0 bridgehead atoms. The van der Waals surface area contributed by atoms with Gasteiger partial charge >= 0.3 is 0 Å². The summed E-state index contributed by atoms with van der Waals surface area (Å²) in [5, 5.41) is 5.17. The van der Waals surface area contributed by atoms with Gasteiger partial charge in [-0.15, -0.1) is 0 Å². The fourth-order valence-corrected chi connectivity index (χ4v) is 4.83. The molecule has 2 aliphatic rings. The predicted molar refractivity (Wildman–Crippen MR) is 120 cm³/mol. The number of carbonyl (C=O) groups is 1. The molecule has 8 nitrogen and oxygen atoms in total. The van der Waals surface area contributed by atoms with Crippen LogP contribution in [0.5, 0.6) is 11.5 Å². The van der Waals surface area contributed by atoms with Crippen molar-refractivity contribution >= 4 is 15.9 Å². The second-order valence-electron chi connectivity index (χ2n) is 8.35. The number of carbonyl (C=O) groups excluding carboxylic acids is 1. The van der Waals surface area contributed by atoms with Crippen molar-refractivity contribution in [2.75, 3.05) is 33.4 Å². The number of sulfonamides is 1. The maximum atomic E-state index is 13.2. The minimum atomic E-state index is -3.73. The molecule has 4 rings (SSSR count). The van der Waals surface area contributed by atoms with Gasteiger partial charge in [0.05, 0.1) is 17.5 Å². The molecule has 0 spiro atoms. The van der Waals surface area contributed by atoms with E-state index < -0.39 is 10.0 Å². The third kappa shape index (κ3) is 4.74. The Hall–Kier alpha value is -2.62. The first-order chi connectivity index (χ1) is 15.2. The number of hydrogen-bond donors (Lipinski definition) is 1. The molecule has 0 aliphatic carbocycles. The maximum Gasteiger partial charge on any atom is 0.238 e. The Labute approximate surface area is 189 Å². The van der Waals surface area contributed by atoms with Crippen molar-refractivity contribution in [3.8, 4) is 11.5 Å². The zero-order valence-corrected chi connectivity index (χ0v) is 19.2. The van der Waals surface area contributed by atoms with Crippen molar-refractivity contribution in [3.05, 3.63) is 53.6 Å². The Morgan fingerprint density at radius 3 is 2.53 bits per heavy atom. The molecular weight excluding hydrogens is 430 g/mol. The first-order valence-electron chi connectivity index (χ1n) is 10.8. The molecule has 0 saturated carbocycles. The lowest BCUT2D eigenvalue weighted by Gasteiger charge is -2.30. The van der Waals surface area contributed by atoms with Gasteiger partial charge in [0.15, 0.2) is 11.5 Å². The average Bonchev–Trinajstić information content (AvgIpc) is 3.28. The van der Waals surface area contributed by atoms with E-state index in [2.05, 4.69) is 0 Å². The molecule has 0 aromatic heterocycles. The number of amides is 1. The second-order valence-corrected chi connectivity index (χ2v) is 9.91. The third-order valence-electron chi connectivity index (χ3n) is 6.26. The summed E-state index contributed by atoms with van der Waals surface area (Å²) in [6, 6.07) is 12.3. The van der Waals surface area contributed by atoms with Gasteiger partial charge in [0.1, 0.15) is 13.2 Å². The van der Waals surface area contributed by atoms with Gasteiger partial charge in [-0.25, -0.2) is 13.6 Å². The molecule has 2 atom stereocenters. The fourth-order valence-electron chi connectivity index (χ4n) is 4.31. The highest BCUT2D eigenvalue weighted by molar-refractivity contribution is 7.89. The summed E-state index contributed by atoms with van der Waals surface area (Å²) in [6.07, 6.45) is 1.87. The van der Waals surface area contributed by atoms with Crippen molar-refractivity contribution < 1.29 is 22.7 Å². The molecule has 1 saturated heterocycles. The number of fused-ring (bicyclic) bond motifs is 1. The maximum absolute atomic E-state index is 13.2. The number of primary sulfonamides is 1. The molecule has 32 heavy (non-hydrogen) atoms. The first kappa shape index (κ1) is 22.6. The molecule has 172 valence electrons. The van der Waals surface area contributed by atoms with Crippen molar-refractivity contribution in [3.63, 3.8) is 0 Å². The second kappa shape index (κ2) is 9.09. The molecule has 1 fully saturated rings. The molecule has 0 radical (unpaired) electrons. The largest absolute Gasteiger partial charge is 0.486 e. The summed E-state index contributed by atoms with van der Waals surface area (Å²) in [4.78, 5) is 17.2. The Balaban J connectivity index is 1.43. The van der Waals surface area contributed by atoms with Gasteiger partial charge < -0.3 is 14.4 Å². The van der Waals surface area contributed by atoms with Crippen LogP contribution in [0.15, 0.2) is 47.4 Å². The van der Waals surface area contributed by atoms with Gasteiger partial charge in [-0.3, -0.25) is 9.69 Å². The molecular formula is C23H29N3O5S. The van der Waals surface area contributed by atoms with E-state index in [1.807, 2.05) is 42.0 Å². The van der Waals surface area contributed by atoms with E-state index in [0.29, 0.717) is 13.2 Å². The number of hydrogen-bond acceptors (Lipinski definition) is 6. The highest BCUT2D eigenvalue weighted by Gasteiger charge is 2.31. The topological polar surface area (TPSA) is 102 Å². The van der Waals surface area contributed by atoms with Crippen LogP contribution in [0.3, 0.4) is 0 Å². The first-order valence-corrected chi connectivity index (χ1v) is 12.3. The summed E-state index contributed by atoms with van der Waals surface area (Å²) in [5.41, 5.74) is 1.98. The van der Waals surface area contributed by atoms with Gasteiger partial charge in [-0.2, -0.15) is 0 Å². The van der Waals surface area contributed by atoms with E-state index >= 15 is 0 Å². The van der Waals surface area contributed by atoms with Crippen LogP contribution in [-0.2, 0) is 14.8 Å². The molecule has 2 aromatic rings. The van der Waals surface area contributed by atoms with Crippen LogP contribution in [-0.4, -0.2) is 57.5 Å². The van der Waals surface area contributed by atoms with Gasteiger partial charge in [-0.1, -0.05) is 18.2 Å². The number of benzene rings is 2. The zero-order chi connectivity index (χ0) is 22.9. The lowest BCUT2D eigenvalue weighted by atomic mass is 10.0. The monoisotopic (exact) mass is 459 g/mol. The number of nitrogens with zero attached hydrogens (tertiary/aromatic N) is 2. The number of nitrogens with two attached hydrogens (primary N) is 1. The van der Waals surface area contributed by atoms with Crippen LogP contribution in [0, 0.1) is 0 Å². The lowest BCUT2D eigenvalue weighted by Crippen LogP contribution is -2.39.